The van der Waals surface area contributed by atoms with Crippen LogP contribution in [0.1, 0.15) is 51.9 Å². The van der Waals surface area contributed by atoms with Crippen molar-refractivity contribution in [3.05, 3.63) is 0 Å². The highest BCUT2D eigenvalue weighted by atomic mass is 16.5. The van der Waals surface area contributed by atoms with Crippen molar-refractivity contribution in [3.63, 3.8) is 0 Å². The van der Waals surface area contributed by atoms with E-state index in [2.05, 4.69) is 12.2 Å². The smallest absolute Gasteiger partial charge is 0.332 e. The topological polar surface area (TPSA) is 58.6 Å². The first-order valence-electron chi connectivity index (χ1n) is 7.30. The van der Waals surface area contributed by atoms with Gasteiger partial charge in [-0.3, -0.25) is 0 Å². The molecule has 1 saturated heterocycles. The first kappa shape index (κ1) is 13.8. The van der Waals surface area contributed by atoms with Crippen molar-refractivity contribution in [3.8, 4) is 0 Å². The van der Waals surface area contributed by atoms with Gasteiger partial charge in [0, 0.05) is 12.6 Å². The predicted octanol–water partition coefficient (Wildman–Crippen LogP) is 2.18. The van der Waals surface area contributed by atoms with Gasteiger partial charge in [-0.25, -0.2) is 4.79 Å². The van der Waals surface area contributed by atoms with Gasteiger partial charge in [-0.05, 0) is 31.6 Å². The van der Waals surface area contributed by atoms with Gasteiger partial charge >= 0.3 is 5.97 Å². The minimum Gasteiger partial charge on any atom is -0.479 e. The second-order valence-electron chi connectivity index (χ2n) is 5.71. The van der Waals surface area contributed by atoms with Crippen molar-refractivity contribution in [2.75, 3.05) is 6.54 Å². The first-order chi connectivity index (χ1) is 8.69. The Morgan fingerprint density at radius 1 is 1.33 bits per heavy atom. The highest BCUT2D eigenvalue weighted by Gasteiger charge is 2.31. The van der Waals surface area contributed by atoms with Crippen LogP contribution in [0.5, 0.6) is 0 Å². The second kappa shape index (κ2) is 6.53. The average Bonchev–Trinajstić information content (AvgIpc) is 2.85. The quantitative estimate of drug-likeness (QED) is 0.790. The van der Waals surface area contributed by atoms with E-state index in [9.17, 15) is 4.79 Å². The molecule has 0 aromatic heterocycles. The molecule has 1 saturated carbocycles. The number of hydrogen-bond donors (Lipinski definition) is 2. The minimum atomic E-state index is -0.818. The van der Waals surface area contributed by atoms with E-state index in [1.165, 1.54) is 32.1 Å². The van der Waals surface area contributed by atoms with Crippen LogP contribution in [-0.2, 0) is 9.53 Å². The SMILES string of the molecule is CCC1CCCC(NCC2CCC(C(=O)O)O2)C1. The highest BCUT2D eigenvalue weighted by Crippen LogP contribution is 2.27. The second-order valence-corrected chi connectivity index (χ2v) is 5.71. The van der Waals surface area contributed by atoms with Gasteiger partial charge in [-0.1, -0.05) is 26.2 Å². The van der Waals surface area contributed by atoms with E-state index in [0.29, 0.717) is 12.5 Å². The lowest BCUT2D eigenvalue weighted by molar-refractivity contribution is -0.149. The maximum Gasteiger partial charge on any atom is 0.332 e. The molecule has 4 nitrogen and oxygen atoms in total. The molecule has 1 heterocycles. The minimum absolute atomic E-state index is 0.0908. The monoisotopic (exact) mass is 255 g/mol. The van der Waals surface area contributed by atoms with Gasteiger partial charge in [0.2, 0.25) is 0 Å². The molecule has 1 aliphatic carbocycles. The molecule has 4 unspecified atom stereocenters. The van der Waals surface area contributed by atoms with Crippen molar-refractivity contribution in [1.82, 2.24) is 5.32 Å². The summed E-state index contributed by atoms with van der Waals surface area (Å²) in [6, 6.07) is 0.608. The maximum atomic E-state index is 10.8. The van der Waals surface area contributed by atoms with Gasteiger partial charge in [0.15, 0.2) is 6.10 Å². The molecule has 0 amide bonds. The third kappa shape index (κ3) is 3.69. The molecule has 0 aromatic rings. The van der Waals surface area contributed by atoms with E-state index in [1.807, 2.05) is 0 Å². The summed E-state index contributed by atoms with van der Waals surface area (Å²) in [5.41, 5.74) is 0. The van der Waals surface area contributed by atoms with Crippen molar-refractivity contribution in [2.45, 2.75) is 70.1 Å². The summed E-state index contributed by atoms with van der Waals surface area (Å²) < 4.78 is 5.51. The first-order valence-corrected chi connectivity index (χ1v) is 7.30. The van der Waals surface area contributed by atoms with Crippen LogP contribution in [0.3, 0.4) is 0 Å². The number of carboxylic acid groups (broad SMARTS) is 1. The Kier molecular flexibility index (Phi) is 5.01. The van der Waals surface area contributed by atoms with Crippen LogP contribution in [-0.4, -0.2) is 35.9 Å². The highest BCUT2D eigenvalue weighted by molar-refractivity contribution is 5.72. The van der Waals surface area contributed by atoms with Crippen LogP contribution in [0.2, 0.25) is 0 Å². The number of hydrogen-bond acceptors (Lipinski definition) is 3. The average molecular weight is 255 g/mol. The molecule has 0 aromatic carbocycles. The van der Waals surface area contributed by atoms with Crippen LogP contribution >= 0.6 is 0 Å². The Labute approximate surface area is 109 Å². The molecule has 18 heavy (non-hydrogen) atoms. The summed E-state index contributed by atoms with van der Waals surface area (Å²) in [5, 5.41) is 12.4. The third-order valence-corrected chi connectivity index (χ3v) is 4.38. The molecule has 0 radical (unpaired) electrons. The maximum absolute atomic E-state index is 10.8. The fraction of sp³-hybridized carbons (Fsp3) is 0.929. The molecule has 2 aliphatic rings. The number of carboxylic acids is 1. The fourth-order valence-electron chi connectivity index (χ4n) is 3.18. The van der Waals surface area contributed by atoms with E-state index in [4.69, 9.17) is 9.84 Å². The van der Waals surface area contributed by atoms with Gasteiger partial charge in [0.25, 0.3) is 0 Å². The predicted molar refractivity (Wildman–Crippen MR) is 69.6 cm³/mol. The summed E-state index contributed by atoms with van der Waals surface area (Å²) in [6.07, 6.45) is 7.53. The summed E-state index contributed by atoms with van der Waals surface area (Å²) in [7, 11) is 0. The lowest BCUT2D eigenvalue weighted by Gasteiger charge is -2.30. The molecule has 4 heteroatoms. The molecule has 104 valence electrons. The summed E-state index contributed by atoms with van der Waals surface area (Å²) in [4.78, 5) is 10.8. The van der Waals surface area contributed by atoms with Gasteiger partial charge < -0.3 is 15.2 Å². The number of ether oxygens (including phenoxy) is 1. The third-order valence-electron chi connectivity index (χ3n) is 4.38. The zero-order chi connectivity index (χ0) is 13.0. The number of aliphatic carboxylic acids is 1. The van der Waals surface area contributed by atoms with Gasteiger partial charge in [-0.15, -0.1) is 0 Å². The number of rotatable bonds is 5. The van der Waals surface area contributed by atoms with E-state index in [1.54, 1.807) is 0 Å². The number of carbonyl (C=O) groups is 1. The van der Waals surface area contributed by atoms with Gasteiger partial charge in [-0.2, -0.15) is 0 Å². The molecule has 1 aliphatic heterocycles. The van der Waals surface area contributed by atoms with E-state index in [0.717, 1.165) is 18.9 Å². The Morgan fingerprint density at radius 2 is 2.17 bits per heavy atom. The normalized spacial score (nSPS) is 36.7. The summed E-state index contributed by atoms with van der Waals surface area (Å²) in [6.45, 7) is 3.08. The van der Waals surface area contributed by atoms with Crippen LogP contribution in [0.4, 0.5) is 0 Å². The molecule has 0 spiro atoms. The van der Waals surface area contributed by atoms with Crippen LogP contribution in [0, 0.1) is 5.92 Å². The van der Waals surface area contributed by atoms with Crippen LogP contribution < -0.4 is 5.32 Å². The Morgan fingerprint density at radius 3 is 2.83 bits per heavy atom. The fourth-order valence-corrected chi connectivity index (χ4v) is 3.18. The standard InChI is InChI=1S/C14H25NO3/c1-2-10-4-3-5-11(8-10)15-9-12-6-7-13(18-12)14(16)17/h10-13,15H,2-9H2,1H3,(H,16,17). The van der Waals surface area contributed by atoms with Crippen LogP contribution in [0.25, 0.3) is 0 Å². The zero-order valence-corrected chi connectivity index (χ0v) is 11.2. The Bertz CT molecular complexity index is 282. The Balaban J connectivity index is 1.67. The lowest BCUT2D eigenvalue weighted by atomic mass is 9.84. The van der Waals surface area contributed by atoms with E-state index < -0.39 is 12.1 Å². The molecular formula is C14H25NO3. The molecule has 2 fully saturated rings. The molecular weight excluding hydrogens is 230 g/mol. The molecule has 2 rings (SSSR count). The molecule has 0 bridgehead atoms. The Hall–Kier alpha value is -0.610. The van der Waals surface area contributed by atoms with Crippen LogP contribution in [0.15, 0.2) is 0 Å². The summed E-state index contributed by atoms with van der Waals surface area (Å²) in [5.74, 6) is 0.0497. The molecule has 2 N–H and O–H groups in total. The van der Waals surface area contributed by atoms with Crippen molar-refractivity contribution < 1.29 is 14.6 Å². The van der Waals surface area contributed by atoms with Gasteiger partial charge in [0.05, 0.1) is 6.10 Å². The van der Waals surface area contributed by atoms with E-state index >= 15 is 0 Å². The number of nitrogens with one attached hydrogen (secondary N) is 1. The lowest BCUT2D eigenvalue weighted by Crippen LogP contribution is -2.39. The largest absolute Gasteiger partial charge is 0.479 e. The van der Waals surface area contributed by atoms with Crippen molar-refractivity contribution >= 4 is 5.97 Å². The zero-order valence-electron chi connectivity index (χ0n) is 11.2. The van der Waals surface area contributed by atoms with E-state index in [-0.39, 0.29) is 6.10 Å². The van der Waals surface area contributed by atoms with Crippen molar-refractivity contribution in [2.24, 2.45) is 5.92 Å². The molecule has 4 atom stereocenters. The summed E-state index contributed by atoms with van der Waals surface area (Å²) >= 11 is 0. The van der Waals surface area contributed by atoms with Gasteiger partial charge in [0.1, 0.15) is 0 Å². The van der Waals surface area contributed by atoms with Crippen molar-refractivity contribution in [1.29, 1.82) is 0 Å².